The topological polar surface area (TPSA) is 67.8 Å². The Morgan fingerprint density at radius 2 is 2.11 bits per heavy atom. The predicted octanol–water partition coefficient (Wildman–Crippen LogP) is 2.87. The van der Waals surface area contributed by atoms with Crippen LogP contribution < -0.4 is 20.1 Å². The van der Waals surface area contributed by atoms with Crippen molar-refractivity contribution in [1.29, 1.82) is 0 Å². The molecule has 2 aromatic rings. The monoisotopic (exact) mass is 386 g/mol. The number of rotatable bonds is 7. The van der Waals surface area contributed by atoms with Gasteiger partial charge in [0.1, 0.15) is 0 Å². The number of hydrogen-bond donors (Lipinski definition) is 2. The SMILES string of the molecule is CCc1cnc(CCNC(=NC)NCC2(c3ccc4c(c3)OCO4)CC2)s1. The lowest BCUT2D eigenvalue weighted by molar-refractivity contribution is 0.174. The van der Waals surface area contributed by atoms with Crippen molar-refractivity contribution in [3.8, 4) is 11.5 Å². The van der Waals surface area contributed by atoms with E-state index in [2.05, 4.69) is 39.7 Å². The smallest absolute Gasteiger partial charge is 0.231 e. The molecule has 2 heterocycles. The fraction of sp³-hybridized carbons (Fsp3) is 0.500. The summed E-state index contributed by atoms with van der Waals surface area (Å²) < 4.78 is 11.0. The van der Waals surface area contributed by atoms with Gasteiger partial charge < -0.3 is 20.1 Å². The molecule has 0 bridgehead atoms. The first kappa shape index (κ1) is 18.1. The van der Waals surface area contributed by atoms with Crippen LogP contribution >= 0.6 is 11.3 Å². The summed E-state index contributed by atoms with van der Waals surface area (Å²) in [5, 5.41) is 8.07. The van der Waals surface area contributed by atoms with Gasteiger partial charge >= 0.3 is 0 Å². The van der Waals surface area contributed by atoms with E-state index in [0.717, 1.165) is 43.4 Å². The van der Waals surface area contributed by atoms with Gasteiger partial charge in [0.25, 0.3) is 0 Å². The molecule has 7 heteroatoms. The number of aromatic nitrogens is 1. The minimum atomic E-state index is 0.171. The highest BCUT2D eigenvalue weighted by Gasteiger charge is 2.44. The van der Waals surface area contributed by atoms with Crippen LogP contribution in [0.2, 0.25) is 0 Å². The van der Waals surface area contributed by atoms with E-state index in [1.165, 1.54) is 28.3 Å². The van der Waals surface area contributed by atoms with Gasteiger partial charge in [0.15, 0.2) is 17.5 Å². The van der Waals surface area contributed by atoms with Gasteiger partial charge in [-0.2, -0.15) is 0 Å². The van der Waals surface area contributed by atoms with Crippen molar-refractivity contribution in [2.45, 2.75) is 38.0 Å². The molecular weight excluding hydrogens is 360 g/mol. The standard InChI is InChI=1S/C20H26N4O2S/c1-3-15-11-23-18(27-15)6-9-22-19(21-2)24-12-20(7-8-20)14-4-5-16-17(10-14)26-13-25-16/h4-5,10-11H,3,6-9,12-13H2,1-2H3,(H2,21,22,24). The van der Waals surface area contributed by atoms with Gasteiger partial charge in [0, 0.05) is 43.0 Å². The number of nitrogens with zero attached hydrogens (tertiary/aromatic N) is 2. The van der Waals surface area contributed by atoms with Crippen molar-refractivity contribution < 1.29 is 9.47 Å². The largest absolute Gasteiger partial charge is 0.454 e. The molecule has 0 unspecified atom stereocenters. The Balaban J connectivity index is 1.29. The lowest BCUT2D eigenvalue weighted by Crippen LogP contribution is -2.41. The van der Waals surface area contributed by atoms with E-state index in [1.54, 1.807) is 11.3 Å². The van der Waals surface area contributed by atoms with E-state index in [4.69, 9.17) is 9.47 Å². The molecule has 0 atom stereocenters. The van der Waals surface area contributed by atoms with Gasteiger partial charge in [-0.1, -0.05) is 13.0 Å². The van der Waals surface area contributed by atoms with E-state index < -0.39 is 0 Å². The molecule has 1 aliphatic heterocycles. The van der Waals surface area contributed by atoms with Crippen LogP contribution in [0.25, 0.3) is 0 Å². The second-order valence-corrected chi connectivity index (χ2v) is 8.22. The number of ether oxygens (including phenoxy) is 2. The zero-order chi connectivity index (χ0) is 18.7. The van der Waals surface area contributed by atoms with E-state index in [9.17, 15) is 0 Å². The van der Waals surface area contributed by atoms with Crippen molar-refractivity contribution >= 4 is 17.3 Å². The first-order valence-electron chi connectivity index (χ1n) is 9.51. The average molecular weight is 387 g/mol. The molecule has 0 amide bonds. The number of aliphatic imine (C=N–C) groups is 1. The molecule has 1 aromatic heterocycles. The Kier molecular flexibility index (Phi) is 5.20. The van der Waals surface area contributed by atoms with Crippen LogP contribution in [0.3, 0.4) is 0 Å². The number of fused-ring (bicyclic) bond motifs is 1. The number of benzene rings is 1. The molecule has 2 N–H and O–H groups in total. The molecule has 1 aliphatic carbocycles. The highest BCUT2D eigenvalue weighted by Crippen LogP contribution is 2.49. The van der Waals surface area contributed by atoms with Gasteiger partial charge in [-0.15, -0.1) is 11.3 Å². The lowest BCUT2D eigenvalue weighted by atomic mass is 9.95. The summed E-state index contributed by atoms with van der Waals surface area (Å²) in [5.41, 5.74) is 1.48. The first-order valence-corrected chi connectivity index (χ1v) is 10.3. The molecule has 144 valence electrons. The number of thiazole rings is 1. The molecule has 0 spiro atoms. The van der Waals surface area contributed by atoms with Crippen LogP contribution in [-0.2, 0) is 18.3 Å². The molecule has 6 nitrogen and oxygen atoms in total. The third-order valence-corrected chi connectivity index (χ3v) is 6.44. The van der Waals surface area contributed by atoms with Crippen LogP contribution in [0.5, 0.6) is 11.5 Å². The van der Waals surface area contributed by atoms with E-state index in [-0.39, 0.29) is 5.41 Å². The number of nitrogens with one attached hydrogen (secondary N) is 2. The van der Waals surface area contributed by atoms with Crippen molar-refractivity contribution in [2.24, 2.45) is 4.99 Å². The second kappa shape index (κ2) is 7.76. The number of aryl methyl sites for hydroxylation is 1. The molecule has 4 rings (SSSR count). The molecule has 1 fully saturated rings. The van der Waals surface area contributed by atoms with Crippen LogP contribution in [0.15, 0.2) is 29.4 Å². The van der Waals surface area contributed by atoms with Gasteiger partial charge in [0.05, 0.1) is 5.01 Å². The highest BCUT2D eigenvalue weighted by molar-refractivity contribution is 7.11. The Bertz CT molecular complexity index is 829. The van der Waals surface area contributed by atoms with Crippen LogP contribution in [0.1, 0.15) is 35.2 Å². The summed E-state index contributed by atoms with van der Waals surface area (Å²) in [6, 6.07) is 6.30. The third-order valence-electron chi connectivity index (χ3n) is 5.24. The van der Waals surface area contributed by atoms with Crippen LogP contribution in [-0.4, -0.2) is 37.9 Å². The van der Waals surface area contributed by atoms with Crippen molar-refractivity contribution in [1.82, 2.24) is 15.6 Å². The fourth-order valence-corrected chi connectivity index (χ4v) is 4.20. The fourth-order valence-electron chi connectivity index (χ4n) is 3.33. The van der Waals surface area contributed by atoms with Crippen LogP contribution in [0, 0.1) is 0 Å². The minimum absolute atomic E-state index is 0.171. The van der Waals surface area contributed by atoms with E-state index in [0.29, 0.717) is 6.79 Å². The molecule has 1 saturated carbocycles. The first-order chi connectivity index (χ1) is 13.2. The van der Waals surface area contributed by atoms with Gasteiger partial charge in [-0.3, -0.25) is 4.99 Å². The molecule has 0 radical (unpaired) electrons. The minimum Gasteiger partial charge on any atom is -0.454 e. The maximum Gasteiger partial charge on any atom is 0.231 e. The second-order valence-electron chi connectivity index (χ2n) is 7.02. The van der Waals surface area contributed by atoms with E-state index >= 15 is 0 Å². The Labute approximate surface area is 164 Å². The zero-order valence-corrected chi connectivity index (χ0v) is 16.7. The Morgan fingerprint density at radius 1 is 1.26 bits per heavy atom. The lowest BCUT2D eigenvalue weighted by Gasteiger charge is -2.19. The quantitative estimate of drug-likeness (QED) is 0.566. The van der Waals surface area contributed by atoms with Crippen molar-refractivity contribution in [3.63, 3.8) is 0 Å². The van der Waals surface area contributed by atoms with Crippen LogP contribution in [0.4, 0.5) is 0 Å². The van der Waals surface area contributed by atoms with Gasteiger partial charge in [-0.05, 0) is 37.0 Å². The molecular formula is C20H26N4O2S. The third kappa shape index (κ3) is 4.03. The normalized spacial score (nSPS) is 17.0. The summed E-state index contributed by atoms with van der Waals surface area (Å²) in [5.74, 6) is 2.54. The van der Waals surface area contributed by atoms with Crippen molar-refractivity contribution in [3.05, 3.63) is 39.8 Å². The number of guanidine groups is 1. The summed E-state index contributed by atoms with van der Waals surface area (Å²) in [6.07, 6.45) is 6.30. The molecule has 0 saturated heterocycles. The highest BCUT2D eigenvalue weighted by atomic mass is 32.1. The summed E-state index contributed by atoms with van der Waals surface area (Å²) in [6.45, 7) is 4.17. The van der Waals surface area contributed by atoms with Crippen molar-refractivity contribution in [2.75, 3.05) is 26.9 Å². The maximum atomic E-state index is 5.53. The zero-order valence-electron chi connectivity index (χ0n) is 15.9. The molecule has 1 aromatic carbocycles. The molecule has 27 heavy (non-hydrogen) atoms. The Morgan fingerprint density at radius 3 is 2.85 bits per heavy atom. The average Bonchev–Trinajstić information content (AvgIpc) is 3.13. The van der Waals surface area contributed by atoms with Gasteiger partial charge in [0.2, 0.25) is 6.79 Å². The Hall–Kier alpha value is -2.28. The van der Waals surface area contributed by atoms with Gasteiger partial charge in [-0.25, -0.2) is 4.98 Å². The van der Waals surface area contributed by atoms with E-state index in [1.807, 2.05) is 19.3 Å². The maximum absolute atomic E-state index is 5.53. The summed E-state index contributed by atoms with van der Waals surface area (Å²) in [7, 11) is 1.81. The predicted molar refractivity (Wildman–Crippen MR) is 108 cm³/mol. The number of hydrogen-bond acceptors (Lipinski definition) is 5. The molecule has 2 aliphatic rings. The summed E-state index contributed by atoms with van der Waals surface area (Å²) in [4.78, 5) is 10.2. The summed E-state index contributed by atoms with van der Waals surface area (Å²) >= 11 is 1.79.